The lowest BCUT2D eigenvalue weighted by Gasteiger charge is -2.21. The lowest BCUT2D eigenvalue weighted by atomic mass is 10.1. The molecular formula is C20H18Cl2N4O3S. The van der Waals surface area contributed by atoms with E-state index in [0.29, 0.717) is 21.4 Å². The van der Waals surface area contributed by atoms with Crippen LogP contribution in [-0.2, 0) is 9.59 Å². The fraction of sp³-hybridized carbons (Fsp3) is 0.200. The van der Waals surface area contributed by atoms with Gasteiger partial charge in [0.05, 0.1) is 23.5 Å². The minimum Gasteiger partial charge on any atom is -0.497 e. The van der Waals surface area contributed by atoms with E-state index in [4.69, 9.17) is 27.9 Å². The Labute approximate surface area is 187 Å². The fourth-order valence-electron chi connectivity index (χ4n) is 2.56. The van der Waals surface area contributed by atoms with E-state index in [-0.39, 0.29) is 23.4 Å². The van der Waals surface area contributed by atoms with Crippen LogP contribution in [0.25, 0.3) is 0 Å². The summed E-state index contributed by atoms with van der Waals surface area (Å²) in [7, 11) is 1.60. The zero-order valence-corrected chi connectivity index (χ0v) is 18.4. The molecule has 0 radical (unpaired) electrons. The molecule has 7 nitrogen and oxygen atoms in total. The smallest absolute Gasteiger partial charge is 0.238 e. The van der Waals surface area contributed by atoms with Crippen molar-refractivity contribution in [3.05, 3.63) is 58.1 Å². The van der Waals surface area contributed by atoms with Crippen LogP contribution in [0.4, 0.5) is 5.69 Å². The minimum absolute atomic E-state index is 0.00881. The highest BCUT2D eigenvalue weighted by Crippen LogP contribution is 2.28. The Balaban J connectivity index is 1.71. The van der Waals surface area contributed by atoms with Gasteiger partial charge in [-0.2, -0.15) is 5.10 Å². The largest absolute Gasteiger partial charge is 0.497 e. The van der Waals surface area contributed by atoms with Crippen molar-refractivity contribution >= 4 is 63.3 Å². The highest BCUT2D eigenvalue weighted by Gasteiger charge is 2.30. The molecule has 1 fully saturated rings. The van der Waals surface area contributed by atoms with Crippen molar-refractivity contribution in [1.29, 1.82) is 0 Å². The summed E-state index contributed by atoms with van der Waals surface area (Å²) in [5.41, 5.74) is 1.89. The van der Waals surface area contributed by atoms with E-state index < -0.39 is 5.25 Å². The highest BCUT2D eigenvalue weighted by molar-refractivity contribution is 8.15. The SMILES string of the molecule is COc1ccc(/C(C)=N/N=C2\NC(=O)CC(C(=O)Nc3cc(Cl)ccc3Cl)S2)cc1. The molecule has 1 unspecified atom stereocenters. The predicted molar refractivity (Wildman–Crippen MR) is 122 cm³/mol. The number of nitrogens with one attached hydrogen (secondary N) is 2. The summed E-state index contributed by atoms with van der Waals surface area (Å²) in [5.74, 6) is 0.0475. The summed E-state index contributed by atoms with van der Waals surface area (Å²) >= 11 is 13.2. The molecule has 1 saturated heterocycles. The minimum atomic E-state index is -0.677. The Morgan fingerprint density at radius 3 is 2.67 bits per heavy atom. The van der Waals surface area contributed by atoms with Gasteiger partial charge in [-0.25, -0.2) is 0 Å². The Morgan fingerprint density at radius 1 is 1.23 bits per heavy atom. The van der Waals surface area contributed by atoms with E-state index in [1.807, 2.05) is 24.3 Å². The van der Waals surface area contributed by atoms with Crippen LogP contribution in [0, 0.1) is 0 Å². The monoisotopic (exact) mass is 464 g/mol. The molecule has 10 heteroatoms. The van der Waals surface area contributed by atoms with E-state index in [0.717, 1.165) is 23.1 Å². The number of nitrogens with zero attached hydrogens (tertiary/aromatic N) is 2. The Hall–Kier alpha value is -2.55. The van der Waals surface area contributed by atoms with Crippen LogP contribution in [0.15, 0.2) is 52.7 Å². The zero-order chi connectivity index (χ0) is 21.7. The second kappa shape index (κ2) is 9.97. The average molecular weight is 465 g/mol. The molecule has 2 amide bonds. The van der Waals surface area contributed by atoms with Gasteiger partial charge in [0.1, 0.15) is 11.0 Å². The number of anilines is 1. The third kappa shape index (κ3) is 5.75. The summed E-state index contributed by atoms with van der Waals surface area (Å²) in [6.07, 6.45) is 0.00881. The summed E-state index contributed by atoms with van der Waals surface area (Å²) < 4.78 is 5.13. The van der Waals surface area contributed by atoms with Crippen LogP contribution in [0.1, 0.15) is 18.9 Å². The topological polar surface area (TPSA) is 92.2 Å². The predicted octanol–water partition coefficient (Wildman–Crippen LogP) is 4.34. The third-order valence-corrected chi connectivity index (χ3v) is 5.79. The van der Waals surface area contributed by atoms with Crippen molar-refractivity contribution in [2.45, 2.75) is 18.6 Å². The van der Waals surface area contributed by atoms with E-state index in [2.05, 4.69) is 20.8 Å². The van der Waals surface area contributed by atoms with Crippen molar-refractivity contribution in [2.75, 3.05) is 12.4 Å². The molecule has 2 N–H and O–H groups in total. The molecular weight excluding hydrogens is 447 g/mol. The Bertz CT molecular complexity index is 1030. The number of amidine groups is 1. The summed E-state index contributed by atoms with van der Waals surface area (Å²) in [5, 5.41) is 14.0. The number of ether oxygens (including phenoxy) is 1. The molecule has 1 heterocycles. The second-order valence-electron chi connectivity index (χ2n) is 6.29. The van der Waals surface area contributed by atoms with Gasteiger partial charge in [-0.05, 0) is 55.0 Å². The Morgan fingerprint density at radius 2 is 1.97 bits per heavy atom. The lowest BCUT2D eigenvalue weighted by Crippen LogP contribution is -2.41. The van der Waals surface area contributed by atoms with Crippen LogP contribution in [0.5, 0.6) is 5.75 Å². The number of benzene rings is 2. The first-order valence-electron chi connectivity index (χ1n) is 8.85. The third-order valence-electron chi connectivity index (χ3n) is 4.15. The van der Waals surface area contributed by atoms with Crippen LogP contribution < -0.4 is 15.4 Å². The quantitative estimate of drug-likeness (QED) is 0.508. The molecule has 30 heavy (non-hydrogen) atoms. The molecule has 0 aliphatic carbocycles. The van der Waals surface area contributed by atoms with Crippen molar-refractivity contribution in [2.24, 2.45) is 10.2 Å². The normalized spacial score (nSPS) is 18.1. The molecule has 1 aliphatic rings. The van der Waals surface area contributed by atoms with Crippen molar-refractivity contribution in [3.63, 3.8) is 0 Å². The molecule has 0 spiro atoms. The number of carbonyl (C=O) groups is 2. The standard InChI is InChI=1S/C20H18Cl2N4O3S/c1-11(12-3-6-14(29-2)7-4-12)25-26-20-24-18(27)10-17(30-20)19(28)23-16-9-13(21)5-8-15(16)22/h3-9,17H,10H2,1-2H3,(H,23,28)(H,24,26,27)/b25-11+. The molecule has 2 aromatic carbocycles. The van der Waals surface area contributed by atoms with Gasteiger partial charge in [0, 0.05) is 11.4 Å². The van der Waals surface area contributed by atoms with Gasteiger partial charge in [-0.1, -0.05) is 35.0 Å². The number of rotatable bonds is 5. The maximum absolute atomic E-state index is 12.6. The van der Waals surface area contributed by atoms with Gasteiger partial charge >= 0.3 is 0 Å². The summed E-state index contributed by atoms with van der Waals surface area (Å²) in [6, 6.07) is 12.1. The first kappa shape index (κ1) is 22.1. The first-order chi connectivity index (χ1) is 14.4. The van der Waals surface area contributed by atoms with Crippen LogP contribution in [-0.4, -0.2) is 35.1 Å². The number of amides is 2. The van der Waals surface area contributed by atoms with Gasteiger partial charge in [-0.3, -0.25) is 9.59 Å². The number of hydrogen-bond acceptors (Lipinski definition) is 6. The molecule has 0 aromatic heterocycles. The van der Waals surface area contributed by atoms with E-state index in [1.165, 1.54) is 0 Å². The average Bonchev–Trinajstić information content (AvgIpc) is 2.74. The van der Waals surface area contributed by atoms with Crippen LogP contribution in [0.3, 0.4) is 0 Å². The van der Waals surface area contributed by atoms with Crippen LogP contribution in [0.2, 0.25) is 10.0 Å². The second-order valence-corrected chi connectivity index (χ2v) is 8.33. The van der Waals surface area contributed by atoms with Crippen molar-refractivity contribution < 1.29 is 14.3 Å². The number of thioether (sulfide) groups is 1. The van der Waals surface area contributed by atoms with Crippen molar-refractivity contribution in [3.8, 4) is 5.75 Å². The molecule has 156 valence electrons. The maximum atomic E-state index is 12.6. The first-order valence-corrected chi connectivity index (χ1v) is 10.5. The van der Waals surface area contributed by atoms with Gasteiger partial charge in [0.2, 0.25) is 11.8 Å². The molecule has 2 aromatic rings. The Kier molecular flexibility index (Phi) is 7.36. The number of carbonyl (C=O) groups excluding carboxylic acids is 2. The van der Waals surface area contributed by atoms with Gasteiger partial charge in [-0.15, -0.1) is 5.10 Å². The van der Waals surface area contributed by atoms with E-state index >= 15 is 0 Å². The fourth-order valence-corrected chi connectivity index (χ4v) is 3.82. The highest BCUT2D eigenvalue weighted by atomic mass is 35.5. The summed E-state index contributed by atoms with van der Waals surface area (Å²) in [4.78, 5) is 24.7. The summed E-state index contributed by atoms with van der Waals surface area (Å²) in [6.45, 7) is 1.80. The maximum Gasteiger partial charge on any atom is 0.238 e. The molecule has 1 atom stereocenters. The molecule has 0 saturated carbocycles. The van der Waals surface area contributed by atoms with Gasteiger partial charge < -0.3 is 15.4 Å². The van der Waals surface area contributed by atoms with Crippen molar-refractivity contribution in [1.82, 2.24) is 5.32 Å². The van der Waals surface area contributed by atoms with Gasteiger partial charge in [0.15, 0.2) is 5.17 Å². The molecule has 1 aliphatic heterocycles. The zero-order valence-electron chi connectivity index (χ0n) is 16.1. The number of halogens is 2. The number of hydrogen-bond donors (Lipinski definition) is 2. The van der Waals surface area contributed by atoms with Gasteiger partial charge in [0.25, 0.3) is 0 Å². The number of methoxy groups -OCH3 is 1. The van der Waals surface area contributed by atoms with E-state index in [1.54, 1.807) is 32.2 Å². The lowest BCUT2D eigenvalue weighted by molar-refractivity contribution is -0.123. The molecule has 3 rings (SSSR count). The van der Waals surface area contributed by atoms with Crippen LogP contribution >= 0.6 is 35.0 Å². The molecule has 0 bridgehead atoms. The van der Waals surface area contributed by atoms with E-state index in [9.17, 15) is 9.59 Å².